The number of carbonyl (C=O) groups is 1. The van der Waals surface area contributed by atoms with Crippen molar-refractivity contribution in [2.24, 2.45) is 0 Å². The Balaban J connectivity index is -0.00000000614. The van der Waals surface area contributed by atoms with Crippen molar-refractivity contribution in [1.29, 1.82) is 0 Å². The van der Waals surface area contributed by atoms with Crippen molar-refractivity contribution in [3.8, 4) is 0 Å². The molecule has 0 rings (SSSR count). The molecule has 14 heavy (non-hydrogen) atoms. The SMILES string of the molecule is O.O=C(O)O.O=S(=O)(O)O.[Fe].[H-].[H-].[Mg+2].[Mn].[Zn]. The summed E-state index contributed by atoms with van der Waals surface area (Å²) >= 11 is 0. The maximum atomic E-state index is 8.74. The van der Waals surface area contributed by atoms with E-state index in [4.69, 9.17) is 32.5 Å². The van der Waals surface area contributed by atoms with Crippen molar-refractivity contribution >= 4 is 39.6 Å². The normalized spacial score (nSPS) is 5.86. The molecule has 0 aliphatic heterocycles. The van der Waals surface area contributed by atoms with Crippen LogP contribution in [0.3, 0.4) is 0 Å². The summed E-state index contributed by atoms with van der Waals surface area (Å²) in [5.74, 6) is 0. The monoisotopic (exact) mass is 379 g/mol. The van der Waals surface area contributed by atoms with Gasteiger partial charge in [0.25, 0.3) is 0 Å². The van der Waals surface area contributed by atoms with Gasteiger partial charge in [-0.15, -0.1) is 0 Å². The molecule has 0 spiro atoms. The largest absolute Gasteiger partial charge is 2.00 e. The Morgan fingerprint density at radius 2 is 1.14 bits per heavy atom. The molecule has 0 heterocycles. The molecular formula is CH8FeMgMnO8SZn. The molecule has 0 bridgehead atoms. The summed E-state index contributed by atoms with van der Waals surface area (Å²) in [6.45, 7) is 0. The fourth-order valence-electron chi connectivity index (χ4n) is 0. The molecule has 0 fully saturated rings. The molecular weight excluding hydrogens is 373 g/mol. The molecule has 0 amide bonds. The molecule has 0 aromatic carbocycles. The summed E-state index contributed by atoms with van der Waals surface area (Å²) in [6, 6.07) is 0. The number of hydrogen-bond donors (Lipinski definition) is 4. The topological polar surface area (TPSA) is 164 Å². The van der Waals surface area contributed by atoms with E-state index in [0.29, 0.717) is 0 Å². The van der Waals surface area contributed by atoms with Crippen LogP contribution in [0, 0.1) is 0 Å². The van der Waals surface area contributed by atoms with Crippen LogP contribution in [0.4, 0.5) is 4.79 Å². The predicted octanol–water partition coefficient (Wildman–Crippen LogP) is -1.42. The van der Waals surface area contributed by atoms with Gasteiger partial charge < -0.3 is 18.5 Å². The zero-order valence-electron chi connectivity index (χ0n) is 8.57. The smallest absolute Gasteiger partial charge is 1.00 e. The molecule has 0 aliphatic carbocycles. The second-order valence-corrected chi connectivity index (χ2v) is 1.63. The van der Waals surface area contributed by atoms with Gasteiger partial charge in [-0.2, -0.15) is 8.42 Å². The minimum absolute atomic E-state index is 0. The van der Waals surface area contributed by atoms with E-state index in [1.165, 1.54) is 0 Å². The third-order valence-corrected chi connectivity index (χ3v) is 0. The van der Waals surface area contributed by atoms with Crippen molar-refractivity contribution in [3.63, 3.8) is 0 Å². The third kappa shape index (κ3) is 909. The van der Waals surface area contributed by atoms with E-state index in [1.807, 2.05) is 0 Å². The second kappa shape index (κ2) is 24.0. The zero-order chi connectivity index (χ0) is 8.08. The van der Waals surface area contributed by atoms with E-state index in [1.54, 1.807) is 0 Å². The quantitative estimate of drug-likeness (QED) is 0.296. The number of carboxylic acid groups (broad SMARTS) is 2. The molecule has 85 valence electrons. The van der Waals surface area contributed by atoms with E-state index >= 15 is 0 Å². The average Bonchev–Trinajstić information content (AvgIpc) is 1.19. The minimum Gasteiger partial charge on any atom is -1.00 e. The van der Waals surface area contributed by atoms with E-state index in [-0.39, 0.29) is 85.0 Å². The summed E-state index contributed by atoms with van der Waals surface area (Å²) in [5, 5.41) is 13.9. The van der Waals surface area contributed by atoms with Crippen LogP contribution in [-0.2, 0) is 64.0 Å². The van der Waals surface area contributed by atoms with Crippen LogP contribution in [-0.4, -0.2) is 62.4 Å². The fraction of sp³-hybridized carbons (Fsp3) is 0. The van der Waals surface area contributed by atoms with Crippen molar-refractivity contribution in [2.45, 2.75) is 0 Å². The van der Waals surface area contributed by atoms with Crippen LogP contribution in [0.2, 0.25) is 0 Å². The molecule has 0 aromatic rings. The molecule has 1 radical (unpaired) electrons. The summed E-state index contributed by atoms with van der Waals surface area (Å²) in [5.41, 5.74) is 0. The molecule has 0 saturated carbocycles. The van der Waals surface area contributed by atoms with Gasteiger partial charge in [0.1, 0.15) is 0 Å². The zero-order valence-corrected chi connectivity index (χ0v) is 14.1. The Bertz CT molecular complexity index is 180. The van der Waals surface area contributed by atoms with E-state index in [2.05, 4.69) is 0 Å². The van der Waals surface area contributed by atoms with Gasteiger partial charge in [0.15, 0.2) is 0 Å². The van der Waals surface area contributed by atoms with Crippen molar-refractivity contribution in [3.05, 3.63) is 0 Å². The maximum Gasteiger partial charge on any atom is 2.00 e. The van der Waals surface area contributed by atoms with Crippen LogP contribution < -0.4 is 0 Å². The number of rotatable bonds is 0. The summed E-state index contributed by atoms with van der Waals surface area (Å²) in [7, 11) is -4.67. The van der Waals surface area contributed by atoms with Crippen LogP contribution in [0.15, 0.2) is 0 Å². The summed E-state index contributed by atoms with van der Waals surface area (Å²) in [4.78, 5) is 8.56. The average molecular weight is 381 g/mol. The Hall–Kier alpha value is 1.53. The van der Waals surface area contributed by atoms with Crippen molar-refractivity contribution < 1.29 is 94.5 Å². The first-order chi connectivity index (χ1) is 3.73. The van der Waals surface area contributed by atoms with Gasteiger partial charge in [0.2, 0.25) is 0 Å². The van der Waals surface area contributed by atoms with Gasteiger partial charge in [0.05, 0.1) is 0 Å². The van der Waals surface area contributed by atoms with Gasteiger partial charge in [-0.25, -0.2) is 4.79 Å². The Morgan fingerprint density at radius 3 is 1.14 bits per heavy atom. The molecule has 8 nitrogen and oxygen atoms in total. The van der Waals surface area contributed by atoms with E-state index < -0.39 is 16.6 Å². The molecule has 0 aliphatic rings. The van der Waals surface area contributed by atoms with Crippen LogP contribution in [0.25, 0.3) is 0 Å². The molecule has 0 unspecified atom stereocenters. The molecule has 6 N–H and O–H groups in total. The van der Waals surface area contributed by atoms with Crippen molar-refractivity contribution in [1.82, 2.24) is 0 Å². The summed E-state index contributed by atoms with van der Waals surface area (Å²) < 4.78 is 31.6. The predicted molar refractivity (Wildman–Crippen MR) is 36.4 cm³/mol. The molecule has 13 heteroatoms. The molecule has 0 atom stereocenters. The van der Waals surface area contributed by atoms with Crippen LogP contribution in [0.1, 0.15) is 2.85 Å². The first-order valence-corrected chi connectivity index (χ1v) is 2.75. The standard InChI is InChI=1S/CH2O3.Fe.Mg.Mn.H2O4S.H2O.Zn.2H/c2-1(3)4;;;;1-5(2,3)4;;;;/h(H2,2,3,4);;;;(H2,1,2,3,4);1H2;;;/q;;+2;;;;;2*-1. The van der Waals surface area contributed by atoms with Gasteiger partial charge in [-0.3, -0.25) is 9.11 Å². The van der Waals surface area contributed by atoms with Crippen LogP contribution in [0.5, 0.6) is 0 Å². The third-order valence-electron chi connectivity index (χ3n) is 0. The minimum atomic E-state index is -4.67. The van der Waals surface area contributed by atoms with Crippen molar-refractivity contribution in [2.75, 3.05) is 0 Å². The van der Waals surface area contributed by atoms with E-state index in [0.717, 1.165) is 0 Å². The van der Waals surface area contributed by atoms with Gasteiger partial charge in [-0.1, -0.05) is 0 Å². The molecule has 0 aromatic heterocycles. The van der Waals surface area contributed by atoms with Gasteiger partial charge in [0, 0.05) is 53.6 Å². The Kier molecular flexibility index (Phi) is 77.2. The second-order valence-electron chi connectivity index (χ2n) is 0.730. The maximum absolute atomic E-state index is 8.74. The van der Waals surface area contributed by atoms with Gasteiger partial charge in [-0.05, 0) is 0 Å². The summed E-state index contributed by atoms with van der Waals surface area (Å²) in [6.07, 6.45) is -1.83. The fourth-order valence-corrected chi connectivity index (χ4v) is 0. The van der Waals surface area contributed by atoms with E-state index in [9.17, 15) is 0 Å². The van der Waals surface area contributed by atoms with Gasteiger partial charge >= 0.3 is 39.6 Å². The Labute approximate surface area is 133 Å². The van der Waals surface area contributed by atoms with Crippen LogP contribution >= 0.6 is 0 Å². The molecule has 0 saturated heterocycles. The Morgan fingerprint density at radius 1 is 1.14 bits per heavy atom. The first kappa shape index (κ1) is 45.1. The number of hydrogen-bond acceptors (Lipinski definition) is 3. The first-order valence-electron chi connectivity index (χ1n) is 1.35.